The number of para-hydroxylation sites is 2. The molecule has 1 heterocycles. The number of benzene rings is 2. The van der Waals surface area contributed by atoms with E-state index in [1.807, 2.05) is 38.1 Å². The number of fused-ring (bicyclic) bond motifs is 1. The Balaban J connectivity index is 2.08. The molecule has 0 aliphatic heterocycles. The highest BCUT2D eigenvalue weighted by Crippen LogP contribution is 2.19. The lowest BCUT2D eigenvalue weighted by molar-refractivity contribution is 0.0943. The lowest BCUT2D eigenvalue weighted by atomic mass is 10.1. The highest BCUT2D eigenvalue weighted by molar-refractivity contribution is 5.94. The topological polar surface area (TPSA) is 64.0 Å². The highest BCUT2D eigenvalue weighted by Gasteiger charge is 2.14. The molecule has 3 rings (SSSR count). The first-order valence-corrected chi connectivity index (χ1v) is 9.27. The van der Waals surface area contributed by atoms with Crippen molar-refractivity contribution >= 4 is 16.9 Å². The number of amides is 1. The number of nitrogens with zero attached hydrogens (tertiary/aromatic N) is 2. The third kappa shape index (κ3) is 4.08. The molecule has 140 valence electrons. The summed E-state index contributed by atoms with van der Waals surface area (Å²) in [4.78, 5) is 29.8. The van der Waals surface area contributed by atoms with Gasteiger partial charge in [0.1, 0.15) is 5.69 Å². The predicted molar refractivity (Wildman–Crippen MR) is 109 cm³/mol. The fourth-order valence-corrected chi connectivity index (χ4v) is 3.05. The monoisotopic (exact) mass is 363 g/mol. The second-order valence-electron chi connectivity index (χ2n) is 7.46. The van der Waals surface area contributed by atoms with Gasteiger partial charge in [0.15, 0.2) is 0 Å². The summed E-state index contributed by atoms with van der Waals surface area (Å²) in [6.45, 7) is 8.64. The van der Waals surface area contributed by atoms with E-state index in [9.17, 15) is 9.59 Å². The van der Waals surface area contributed by atoms with Gasteiger partial charge in [-0.15, -0.1) is 0 Å². The SMILES string of the molecule is CC(C)Cn1c(=O)c(-c2ccc(C(=O)NC(C)C)cc2)nc2ccccc21. The molecule has 2 aromatic carbocycles. The van der Waals surface area contributed by atoms with Crippen LogP contribution in [0.5, 0.6) is 0 Å². The Morgan fingerprint density at radius 2 is 1.70 bits per heavy atom. The number of hydrogen-bond donors (Lipinski definition) is 1. The van der Waals surface area contributed by atoms with E-state index in [-0.39, 0.29) is 17.5 Å². The normalized spacial score (nSPS) is 11.3. The Morgan fingerprint density at radius 1 is 1.04 bits per heavy atom. The molecule has 0 unspecified atom stereocenters. The van der Waals surface area contributed by atoms with Gasteiger partial charge in [-0.2, -0.15) is 0 Å². The Morgan fingerprint density at radius 3 is 2.33 bits per heavy atom. The van der Waals surface area contributed by atoms with E-state index < -0.39 is 0 Å². The van der Waals surface area contributed by atoms with Crippen molar-refractivity contribution in [2.45, 2.75) is 40.3 Å². The number of nitrogens with one attached hydrogen (secondary N) is 1. The zero-order valence-electron chi connectivity index (χ0n) is 16.2. The van der Waals surface area contributed by atoms with Crippen LogP contribution in [0.25, 0.3) is 22.3 Å². The molecule has 0 saturated heterocycles. The van der Waals surface area contributed by atoms with Crippen molar-refractivity contribution in [1.82, 2.24) is 14.9 Å². The zero-order valence-corrected chi connectivity index (χ0v) is 16.2. The quantitative estimate of drug-likeness (QED) is 0.749. The average Bonchev–Trinajstić information content (AvgIpc) is 2.63. The smallest absolute Gasteiger partial charge is 0.277 e. The number of aromatic nitrogens is 2. The first-order chi connectivity index (χ1) is 12.9. The Hall–Kier alpha value is -2.95. The van der Waals surface area contributed by atoms with E-state index in [0.29, 0.717) is 29.3 Å². The lowest BCUT2D eigenvalue weighted by Crippen LogP contribution is -2.30. The lowest BCUT2D eigenvalue weighted by Gasteiger charge is -2.14. The fraction of sp³-hybridized carbons (Fsp3) is 0.318. The maximum absolute atomic E-state index is 13.1. The molecule has 0 radical (unpaired) electrons. The largest absolute Gasteiger partial charge is 0.350 e. The van der Waals surface area contributed by atoms with E-state index in [1.165, 1.54) is 0 Å². The molecule has 1 amide bonds. The number of hydrogen-bond acceptors (Lipinski definition) is 3. The second kappa shape index (κ2) is 7.74. The van der Waals surface area contributed by atoms with Crippen molar-refractivity contribution in [2.75, 3.05) is 0 Å². The first-order valence-electron chi connectivity index (χ1n) is 9.27. The minimum absolute atomic E-state index is 0.0718. The van der Waals surface area contributed by atoms with Crippen molar-refractivity contribution in [3.63, 3.8) is 0 Å². The van der Waals surface area contributed by atoms with E-state index in [4.69, 9.17) is 0 Å². The molecule has 5 nitrogen and oxygen atoms in total. The van der Waals surface area contributed by atoms with Crippen molar-refractivity contribution in [2.24, 2.45) is 5.92 Å². The molecule has 0 atom stereocenters. The summed E-state index contributed by atoms with van der Waals surface area (Å²) in [5.41, 5.74) is 3.20. The van der Waals surface area contributed by atoms with Gasteiger partial charge in [-0.05, 0) is 44.0 Å². The summed E-state index contributed by atoms with van der Waals surface area (Å²) < 4.78 is 1.79. The van der Waals surface area contributed by atoms with Crippen LogP contribution in [0.3, 0.4) is 0 Å². The standard InChI is InChI=1S/C22H25N3O2/c1-14(2)13-25-19-8-6-5-7-18(19)24-20(22(25)27)16-9-11-17(12-10-16)21(26)23-15(3)4/h5-12,14-15H,13H2,1-4H3,(H,23,26). The average molecular weight is 363 g/mol. The van der Waals surface area contributed by atoms with Gasteiger partial charge in [0.2, 0.25) is 0 Å². The zero-order chi connectivity index (χ0) is 19.6. The van der Waals surface area contributed by atoms with Crippen molar-refractivity contribution in [3.05, 3.63) is 64.4 Å². The Kier molecular flexibility index (Phi) is 5.40. The van der Waals surface area contributed by atoms with Gasteiger partial charge < -0.3 is 9.88 Å². The van der Waals surface area contributed by atoms with E-state index in [1.54, 1.807) is 28.8 Å². The Labute approximate surface area is 159 Å². The predicted octanol–water partition coefficient (Wildman–Crippen LogP) is 3.86. The third-order valence-corrected chi connectivity index (χ3v) is 4.24. The van der Waals surface area contributed by atoms with Gasteiger partial charge in [-0.1, -0.05) is 38.1 Å². The molecular formula is C22H25N3O2. The van der Waals surface area contributed by atoms with E-state index >= 15 is 0 Å². The minimum Gasteiger partial charge on any atom is -0.350 e. The van der Waals surface area contributed by atoms with Crippen LogP contribution in [0.2, 0.25) is 0 Å². The second-order valence-corrected chi connectivity index (χ2v) is 7.46. The summed E-state index contributed by atoms with van der Waals surface area (Å²) in [5, 5.41) is 2.86. The molecular weight excluding hydrogens is 338 g/mol. The van der Waals surface area contributed by atoms with Crippen LogP contribution in [0.15, 0.2) is 53.3 Å². The molecule has 0 spiro atoms. The molecule has 0 fully saturated rings. The van der Waals surface area contributed by atoms with E-state index in [2.05, 4.69) is 24.1 Å². The minimum atomic E-state index is -0.125. The summed E-state index contributed by atoms with van der Waals surface area (Å²) >= 11 is 0. The van der Waals surface area contributed by atoms with Gasteiger partial charge in [0.05, 0.1) is 11.0 Å². The fourth-order valence-electron chi connectivity index (χ4n) is 3.05. The molecule has 27 heavy (non-hydrogen) atoms. The van der Waals surface area contributed by atoms with Gasteiger partial charge in [0, 0.05) is 23.7 Å². The number of carbonyl (C=O) groups is 1. The molecule has 0 aliphatic carbocycles. The van der Waals surface area contributed by atoms with Crippen LogP contribution in [0, 0.1) is 5.92 Å². The van der Waals surface area contributed by atoms with Gasteiger partial charge in [0.25, 0.3) is 11.5 Å². The molecule has 0 bridgehead atoms. The maximum atomic E-state index is 13.1. The number of rotatable bonds is 5. The summed E-state index contributed by atoms with van der Waals surface area (Å²) in [6, 6.07) is 14.8. The van der Waals surface area contributed by atoms with Gasteiger partial charge in [-0.3, -0.25) is 9.59 Å². The van der Waals surface area contributed by atoms with Crippen LogP contribution < -0.4 is 10.9 Å². The van der Waals surface area contributed by atoms with E-state index in [0.717, 1.165) is 11.0 Å². The third-order valence-electron chi connectivity index (χ3n) is 4.24. The van der Waals surface area contributed by atoms with Crippen LogP contribution in [0.1, 0.15) is 38.1 Å². The Bertz CT molecular complexity index is 1020. The van der Waals surface area contributed by atoms with Crippen LogP contribution in [0.4, 0.5) is 0 Å². The van der Waals surface area contributed by atoms with Crippen molar-refractivity contribution < 1.29 is 4.79 Å². The van der Waals surface area contributed by atoms with Crippen molar-refractivity contribution in [1.29, 1.82) is 0 Å². The maximum Gasteiger partial charge on any atom is 0.277 e. The summed E-state index contributed by atoms with van der Waals surface area (Å²) in [6.07, 6.45) is 0. The molecule has 0 saturated carbocycles. The summed E-state index contributed by atoms with van der Waals surface area (Å²) in [7, 11) is 0. The van der Waals surface area contributed by atoms with Crippen LogP contribution in [-0.2, 0) is 6.54 Å². The highest BCUT2D eigenvalue weighted by atomic mass is 16.1. The molecule has 5 heteroatoms. The summed E-state index contributed by atoms with van der Waals surface area (Å²) in [5.74, 6) is 0.212. The van der Waals surface area contributed by atoms with Crippen LogP contribution >= 0.6 is 0 Å². The van der Waals surface area contributed by atoms with Crippen LogP contribution in [-0.4, -0.2) is 21.5 Å². The molecule has 1 N–H and O–H groups in total. The molecule has 0 aliphatic rings. The molecule has 3 aromatic rings. The van der Waals surface area contributed by atoms with Crippen molar-refractivity contribution in [3.8, 4) is 11.3 Å². The molecule has 1 aromatic heterocycles. The van der Waals surface area contributed by atoms with Gasteiger partial charge in [-0.25, -0.2) is 4.98 Å². The van der Waals surface area contributed by atoms with Gasteiger partial charge >= 0.3 is 0 Å². The first kappa shape index (κ1) is 18.8. The number of carbonyl (C=O) groups excluding carboxylic acids is 1.